The summed E-state index contributed by atoms with van der Waals surface area (Å²) in [5.74, 6) is -0.881. The second kappa shape index (κ2) is 4.26. The zero-order valence-corrected chi connectivity index (χ0v) is 9.66. The van der Waals surface area contributed by atoms with Gasteiger partial charge in [0.2, 0.25) is 0 Å². The van der Waals surface area contributed by atoms with E-state index in [1.807, 2.05) is 13.8 Å². The third-order valence-corrected chi connectivity index (χ3v) is 3.37. The zero-order chi connectivity index (χ0) is 11.7. The third kappa shape index (κ3) is 1.95. The Kier molecular flexibility index (Phi) is 2.97. The Balaban J connectivity index is 2.35. The van der Waals surface area contributed by atoms with Crippen LogP contribution in [0.1, 0.15) is 22.6 Å². The van der Waals surface area contributed by atoms with Crippen molar-refractivity contribution in [2.45, 2.75) is 19.8 Å². The highest BCUT2D eigenvalue weighted by Crippen LogP contribution is 2.31. The molecule has 86 valence electrons. The van der Waals surface area contributed by atoms with E-state index in [0.717, 1.165) is 6.54 Å². The molecule has 0 aliphatic carbocycles. The molecule has 0 bridgehead atoms. The van der Waals surface area contributed by atoms with Crippen LogP contribution in [0.15, 0.2) is 18.2 Å². The van der Waals surface area contributed by atoms with Gasteiger partial charge in [0.1, 0.15) is 0 Å². The van der Waals surface area contributed by atoms with Gasteiger partial charge in [0, 0.05) is 19.0 Å². The first-order valence-corrected chi connectivity index (χ1v) is 5.60. The fourth-order valence-corrected chi connectivity index (χ4v) is 2.42. The van der Waals surface area contributed by atoms with Gasteiger partial charge in [-0.15, -0.1) is 0 Å². The van der Waals surface area contributed by atoms with Crippen molar-refractivity contribution >= 4 is 5.97 Å². The molecule has 3 heteroatoms. The van der Waals surface area contributed by atoms with Gasteiger partial charge in [-0.25, -0.2) is 0 Å². The van der Waals surface area contributed by atoms with Crippen LogP contribution in [0.2, 0.25) is 0 Å². The highest BCUT2D eigenvalue weighted by atomic mass is 16.4. The molecule has 0 unspecified atom stereocenters. The molecular formula is C13H17NO2. The fourth-order valence-electron chi connectivity index (χ4n) is 2.42. The molecule has 1 saturated heterocycles. The number of carboxylic acids is 1. The molecule has 1 aliphatic heterocycles. The number of aryl methyl sites for hydroxylation is 2. The third-order valence-electron chi connectivity index (χ3n) is 3.37. The van der Waals surface area contributed by atoms with Crippen molar-refractivity contribution in [2.24, 2.45) is 5.92 Å². The van der Waals surface area contributed by atoms with Gasteiger partial charge >= 0.3 is 5.97 Å². The van der Waals surface area contributed by atoms with Crippen LogP contribution in [0, 0.1) is 19.8 Å². The smallest absolute Gasteiger partial charge is 0.308 e. The molecule has 1 aromatic rings. The first-order valence-electron chi connectivity index (χ1n) is 5.60. The van der Waals surface area contributed by atoms with Crippen molar-refractivity contribution < 1.29 is 9.90 Å². The second-order valence-electron chi connectivity index (χ2n) is 4.57. The van der Waals surface area contributed by atoms with Gasteiger partial charge in [-0.05, 0) is 25.0 Å². The van der Waals surface area contributed by atoms with Crippen LogP contribution < -0.4 is 5.32 Å². The Hall–Kier alpha value is -1.35. The van der Waals surface area contributed by atoms with Crippen molar-refractivity contribution in [1.29, 1.82) is 0 Å². The summed E-state index contributed by atoms with van der Waals surface area (Å²) in [6, 6.07) is 6.25. The Bertz CT molecular complexity index is 414. The number of hydrogen-bond acceptors (Lipinski definition) is 2. The summed E-state index contributed by atoms with van der Waals surface area (Å²) in [5, 5.41) is 12.3. The quantitative estimate of drug-likeness (QED) is 0.795. The molecule has 1 aliphatic rings. The highest BCUT2D eigenvalue weighted by Gasteiger charge is 2.34. The standard InChI is InChI=1S/C13H17NO2/c1-8-3-4-9(2)10(5-8)11-6-14-7-12(11)13(15)16/h3-5,11-12,14H,6-7H2,1-2H3,(H,15,16)/t11-,12+/m0/s1. The van der Waals surface area contributed by atoms with E-state index in [0.29, 0.717) is 6.54 Å². The molecule has 2 atom stereocenters. The van der Waals surface area contributed by atoms with Gasteiger partial charge < -0.3 is 10.4 Å². The Morgan fingerprint density at radius 2 is 2.12 bits per heavy atom. The maximum absolute atomic E-state index is 11.1. The molecular weight excluding hydrogens is 202 g/mol. The summed E-state index contributed by atoms with van der Waals surface area (Å²) in [7, 11) is 0. The van der Waals surface area contributed by atoms with Gasteiger partial charge in [-0.1, -0.05) is 23.8 Å². The van der Waals surface area contributed by atoms with Crippen LogP contribution in [0.25, 0.3) is 0 Å². The predicted molar refractivity (Wildman–Crippen MR) is 62.7 cm³/mol. The number of carbonyl (C=O) groups is 1. The molecule has 0 amide bonds. The first kappa shape index (κ1) is 11.1. The maximum Gasteiger partial charge on any atom is 0.308 e. The molecule has 0 saturated carbocycles. The molecule has 0 spiro atoms. The van der Waals surface area contributed by atoms with Crippen LogP contribution in [-0.4, -0.2) is 24.2 Å². The lowest BCUT2D eigenvalue weighted by Gasteiger charge is -2.18. The molecule has 1 aromatic carbocycles. The first-order chi connectivity index (χ1) is 7.59. The van der Waals surface area contributed by atoms with E-state index < -0.39 is 5.97 Å². The van der Waals surface area contributed by atoms with E-state index >= 15 is 0 Å². The van der Waals surface area contributed by atoms with Gasteiger partial charge in [0.15, 0.2) is 0 Å². The Labute approximate surface area is 95.5 Å². The largest absolute Gasteiger partial charge is 0.481 e. The van der Waals surface area contributed by atoms with E-state index in [9.17, 15) is 4.79 Å². The Morgan fingerprint density at radius 1 is 1.38 bits per heavy atom. The van der Waals surface area contributed by atoms with Crippen LogP contribution in [0.4, 0.5) is 0 Å². The van der Waals surface area contributed by atoms with E-state index in [-0.39, 0.29) is 11.8 Å². The van der Waals surface area contributed by atoms with Crippen molar-refractivity contribution in [3.63, 3.8) is 0 Å². The monoisotopic (exact) mass is 219 g/mol. The summed E-state index contributed by atoms with van der Waals surface area (Å²) in [6.45, 7) is 5.43. The number of benzene rings is 1. The predicted octanol–water partition coefficient (Wildman–Crippen LogP) is 1.69. The number of hydrogen-bond donors (Lipinski definition) is 2. The van der Waals surface area contributed by atoms with Gasteiger partial charge in [0.25, 0.3) is 0 Å². The molecule has 16 heavy (non-hydrogen) atoms. The minimum atomic E-state index is -0.698. The molecule has 2 rings (SSSR count). The Morgan fingerprint density at radius 3 is 2.81 bits per heavy atom. The van der Waals surface area contributed by atoms with Crippen LogP contribution >= 0.6 is 0 Å². The van der Waals surface area contributed by atoms with Crippen molar-refractivity contribution in [3.05, 3.63) is 34.9 Å². The van der Waals surface area contributed by atoms with E-state index in [2.05, 4.69) is 23.5 Å². The lowest BCUT2D eigenvalue weighted by Crippen LogP contribution is -2.21. The number of nitrogens with one attached hydrogen (secondary N) is 1. The summed E-state index contributed by atoms with van der Waals surface area (Å²) in [6.07, 6.45) is 0. The summed E-state index contributed by atoms with van der Waals surface area (Å²) < 4.78 is 0. The molecule has 0 radical (unpaired) electrons. The average molecular weight is 219 g/mol. The molecule has 2 N–H and O–H groups in total. The summed E-state index contributed by atoms with van der Waals surface area (Å²) >= 11 is 0. The topological polar surface area (TPSA) is 49.3 Å². The lowest BCUT2D eigenvalue weighted by molar-refractivity contribution is -0.141. The van der Waals surface area contributed by atoms with Crippen molar-refractivity contribution in [2.75, 3.05) is 13.1 Å². The van der Waals surface area contributed by atoms with Crippen molar-refractivity contribution in [3.8, 4) is 0 Å². The van der Waals surface area contributed by atoms with E-state index in [1.54, 1.807) is 0 Å². The van der Waals surface area contributed by atoms with E-state index in [4.69, 9.17) is 5.11 Å². The highest BCUT2D eigenvalue weighted by molar-refractivity contribution is 5.72. The summed E-state index contributed by atoms with van der Waals surface area (Å²) in [5.41, 5.74) is 3.56. The molecule has 1 fully saturated rings. The maximum atomic E-state index is 11.1. The average Bonchev–Trinajstić information content (AvgIpc) is 2.70. The number of aliphatic carboxylic acids is 1. The minimum Gasteiger partial charge on any atom is -0.481 e. The zero-order valence-electron chi connectivity index (χ0n) is 9.66. The lowest BCUT2D eigenvalue weighted by atomic mass is 9.86. The van der Waals surface area contributed by atoms with Crippen molar-refractivity contribution in [1.82, 2.24) is 5.32 Å². The molecule has 3 nitrogen and oxygen atoms in total. The summed E-state index contributed by atoms with van der Waals surface area (Å²) in [4.78, 5) is 11.1. The molecule has 0 aromatic heterocycles. The van der Waals surface area contributed by atoms with Gasteiger partial charge in [-0.3, -0.25) is 4.79 Å². The number of rotatable bonds is 2. The fraction of sp³-hybridized carbons (Fsp3) is 0.462. The normalized spacial score (nSPS) is 24.6. The molecule has 1 heterocycles. The van der Waals surface area contributed by atoms with Crippen LogP contribution in [0.3, 0.4) is 0 Å². The van der Waals surface area contributed by atoms with Crippen LogP contribution in [0.5, 0.6) is 0 Å². The van der Waals surface area contributed by atoms with E-state index in [1.165, 1.54) is 16.7 Å². The van der Waals surface area contributed by atoms with Crippen LogP contribution in [-0.2, 0) is 4.79 Å². The number of carboxylic acid groups (broad SMARTS) is 1. The van der Waals surface area contributed by atoms with Gasteiger partial charge in [-0.2, -0.15) is 0 Å². The van der Waals surface area contributed by atoms with Gasteiger partial charge in [0.05, 0.1) is 5.92 Å². The second-order valence-corrected chi connectivity index (χ2v) is 4.57. The SMILES string of the molecule is Cc1ccc(C)c([C@@H]2CNC[C@H]2C(=O)O)c1. The minimum absolute atomic E-state index is 0.109.